The van der Waals surface area contributed by atoms with Crippen molar-refractivity contribution in [2.75, 3.05) is 6.61 Å². The number of nitrogens with one attached hydrogen (secondary N) is 1. The van der Waals surface area contributed by atoms with Gasteiger partial charge in [0, 0.05) is 4.47 Å². The molecule has 0 fully saturated rings. The number of ether oxygens (including phenoxy) is 1. The zero-order valence-electron chi connectivity index (χ0n) is 12.3. The Morgan fingerprint density at radius 3 is 2.83 bits per heavy atom. The lowest BCUT2D eigenvalue weighted by Gasteiger charge is -2.07. The van der Waals surface area contributed by atoms with Gasteiger partial charge in [0.2, 0.25) is 0 Å². The van der Waals surface area contributed by atoms with E-state index in [9.17, 15) is 14.8 Å². The van der Waals surface area contributed by atoms with Crippen LogP contribution in [0.15, 0.2) is 52.7 Å². The molecule has 1 aromatic heterocycles. The molecule has 1 heterocycles. The highest BCUT2D eigenvalue weighted by atomic mass is 79.9. The lowest BCUT2D eigenvalue weighted by molar-refractivity contribution is 0.263. The van der Waals surface area contributed by atoms with Gasteiger partial charge in [-0.3, -0.25) is 0 Å². The van der Waals surface area contributed by atoms with Crippen LogP contribution in [0.1, 0.15) is 5.82 Å². The van der Waals surface area contributed by atoms with Gasteiger partial charge >= 0.3 is 0 Å². The predicted molar refractivity (Wildman–Crippen MR) is 90.9 cm³/mol. The molecule has 0 aliphatic carbocycles. The second kappa shape index (κ2) is 6.72. The highest BCUT2D eigenvalue weighted by Gasteiger charge is 2.14. The molecule has 0 atom stereocenters. The smallest absolute Gasteiger partial charge is 0.166 e. The molecule has 0 spiro atoms. The van der Waals surface area contributed by atoms with E-state index in [0.29, 0.717) is 9.99 Å². The van der Waals surface area contributed by atoms with Gasteiger partial charge in [0.05, 0.1) is 11.0 Å². The van der Waals surface area contributed by atoms with E-state index in [1.165, 1.54) is 12.1 Å². The van der Waals surface area contributed by atoms with Crippen molar-refractivity contribution in [1.29, 1.82) is 5.26 Å². The summed E-state index contributed by atoms with van der Waals surface area (Å²) in [6, 6.07) is 13.4. The predicted octanol–water partition coefficient (Wildman–Crippen LogP) is 4.34. The standard InChI is InChI=1S/C17H11BrFN3O2/c18-10-5-6-16(12(19)7-10)24-9-15(23)11(8-20)17-21-13-3-1-2-4-14(13)22-17/h1-7,23H,9H2,(H,21,22)/b15-11-. The molecule has 5 nitrogen and oxygen atoms in total. The molecule has 24 heavy (non-hydrogen) atoms. The number of nitriles is 1. The topological polar surface area (TPSA) is 81.9 Å². The summed E-state index contributed by atoms with van der Waals surface area (Å²) >= 11 is 3.15. The quantitative estimate of drug-likeness (QED) is 0.515. The Morgan fingerprint density at radius 1 is 1.33 bits per heavy atom. The Bertz CT molecular complexity index is 942. The monoisotopic (exact) mass is 387 g/mol. The van der Waals surface area contributed by atoms with Crippen molar-refractivity contribution in [3.63, 3.8) is 0 Å². The lowest BCUT2D eigenvalue weighted by atomic mass is 10.2. The van der Waals surface area contributed by atoms with E-state index in [1.807, 2.05) is 24.3 Å². The molecule has 0 aliphatic heterocycles. The van der Waals surface area contributed by atoms with Gasteiger partial charge in [-0.25, -0.2) is 9.37 Å². The van der Waals surface area contributed by atoms with Crippen LogP contribution in [-0.2, 0) is 0 Å². The third-order valence-electron chi connectivity index (χ3n) is 3.28. The SMILES string of the molecule is N#C/C(=C(/O)COc1ccc(Br)cc1F)c1nc2ccccc2[nH]1. The molecule has 2 N–H and O–H groups in total. The number of aromatic amines is 1. The van der Waals surface area contributed by atoms with E-state index in [4.69, 9.17) is 4.74 Å². The minimum absolute atomic E-state index is 0.0216. The number of para-hydroxylation sites is 2. The summed E-state index contributed by atoms with van der Waals surface area (Å²) in [4.78, 5) is 7.21. The van der Waals surface area contributed by atoms with Crippen LogP contribution in [0, 0.1) is 17.1 Å². The lowest BCUT2D eigenvalue weighted by Crippen LogP contribution is -2.05. The number of benzene rings is 2. The number of imidazole rings is 1. The first kappa shape index (κ1) is 16.0. The zero-order chi connectivity index (χ0) is 17.1. The number of H-pyrrole nitrogens is 1. The van der Waals surface area contributed by atoms with Crippen molar-refractivity contribution in [3.05, 3.63) is 64.3 Å². The molecular formula is C17H11BrFN3O2. The number of rotatable bonds is 4. The van der Waals surface area contributed by atoms with Crippen molar-refractivity contribution in [2.24, 2.45) is 0 Å². The van der Waals surface area contributed by atoms with Crippen LogP contribution in [0.3, 0.4) is 0 Å². The van der Waals surface area contributed by atoms with Crippen molar-refractivity contribution in [3.8, 4) is 11.8 Å². The van der Waals surface area contributed by atoms with Gasteiger partial charge in [0.25, 0.3) is 0 Å². The van der Waals surface area contributed by atoms with Gasteiger partial charge in [-0.15, -0.1) is 0 Å². The second-order valence-electron chi connectivity index (χ2n) is 4.90. The third kappa shape index (κ3) is 3.24. The van der Waals surface area contributed by atoms with Crippen molar-refractivity contribution in [2.45, 2.75) is 0 Å². The number of hydrogen-bond donors (Lipinski definition) is 2. The molecular weight excluding hydrogens is 377 g/mol. The minimum atomic E-state index is -0.570. The fourth-order valence-corrected chi connectivity index (χ4v) is 2.47. The van der Waals surface area contributed by atoms with Gasteiger partial charge in [-0.05, 0) is 30.3 Å². The van der Waals surface area contributed by atoms with Crippen molar-refractivity contribution >= 4 is 32.5 Å². The van der Waals surface area contributed by atoms with E-state index in [0.717, 1.165) is 5.52 Å². The van der Waals surface area contributed by atoms with Crippen LogP contribution in [0.25, 0.3) is 16.6 Å². The zero-order valence-corrected chi connectivity index (χ0v) is 13.8. The highest BCUT2D eigenvalue weighted by Crippen LogP contribution is 2.23. The molecule has 0 radical (unpaired) electrons. The maximum absolute atomic E-state index is 13.7. The largest absolute Gasteiger partial charge is 0.507 e. The molecule has 3 aromatic rings. The molecule has 0 bridgehead atoms. The normalized spacial score (nSPS) is 11.9. The summed E-state index contributed by atoms with van der Waals surface area (Å²) in [7, 11) is 0. The summed E-state index contributed by atoms with van der Waals surface area (Å²) in [5.41, 5.74) is 1.37. The van der Waals surface area contributed by atoms with Crippen LogP contribution in [0.2, 0.25) is 0 Å². The molecule has 0 saturated carbocycles. The maximum atomic E-state index is 13.7. The summed E-state index contributed by atoms with van der Waals surface area (Å²) in [6.07, 6.45) is 0. The van der Waals surface area contributed by atoms with E-state index in [2.05, 4.69) is 25.9 Å². The molecule has 7 heteroatoms. The van der Waals surface area contributed by atoms with E-state index < -0.39 is 5.82 Å². The average Bonchev–Trinajstić information content (AvgIpc) is 2.98. The number of fused-ring (bicyclic) bond motifs is 1. The number of nitrogens with zero attached hydrogens (tertiary/aromatic N) is 2. The Morgan fingerprint density at radius 2 is 2.12 bits per heavy atom. The molecule has 120 valence electrons. The molecule has 0 amide bonds. The van der Waals surface area contributed by atoms with Gasteiger partial charge in [0.1, 0.15) is 18.2 Å². The summed E-state index contributed by atoms with van der Waals surface area (Å²) < 4.78 is 19.5. The van der Waals surface area contributed by atoms with Crippen molar-refractivity contribution < 1.29 is 14.2 Å². The number of aliphatic hydroxyl groups excluding tert-OH is 1. The van der Waals surface area contributed by atoms with E-state index >= 15 is 0 Å². The van der Waals surface area contributed by atoms with Gasteiger partial charge in [0.15, 0.2) is 23.2 Å². The molecule has 0 aliphatic rings. The number of hydrogen-bond acceptors (Lipinski definition) is 4. The molecule has 2 aromatic carbocycles. The summed E-state index contributed by atoms with van der Waals surface area (Å²) in [5.74, 6) is -0.694. The van der Waals surface area contributed by atoms with Crippen LogP contribution in [0.4, 0.5) is 4.39 Å². The second-order valence-corrected chi connectivity index (χ2v) is 5.82. The van der Waals surface area contributed by atoms with Gasteiger partial charge in [-0.1, -0.05) is 28.1 Å². The first-order valence-electron chi connectivity index (χ1n) is 6.93. The van der Waals surface area contributed by atoms with Crippen molar-refractivity contribution in [1.82, 2.24) is 9.97 Å². The molecule has 0 unspecified atom stereocenters. The fourth-order valence-electron chi connectivity index (χ4n) is 2.14. The number of aromatic nitrogens is 2. The van der Waals surface area contributed by atoms with E-state index in [1.54, 1.807) is 12.1 Å². The Hall–Kier alpha value is -2.85. The summed E-state index contributed by atoms with van der Waals surface area (Å²) in [5, 5.41) is 19.4. The van der Waals surface area contributed by atoms with Crippen LogP contribution < -0.4 is 4.74 Å². The minimum Gasteiger partial charge on any atom is -0.507 e. The van der Waals surface area contributed by atoms with Crippen LogP contribution in [0.5, 0.6) is 5.75 Å². The number of allylic oxidation sites excluding steroid dienone is 1. The molecule has 0 saturated heterocycles. The van der Waals surface area contributed by atoms with Crippen LogP contribution >= 0.6 is 15.9 Å². The van der Waals surface area contributed by atoms with Gasteiger partial charge < -0.3 is 14.8 Å². The number of halogens is 2. The third-order valence-corrected chi connectivity index (χ3v) is 3.78. The first-order valence-corrected chi connectivity index (χ1v) is 7.73. The Kier molecular flexibility index (Phi) is 4.49. The summed E-state index contributed by atoms with van der Waals surface area (Å²) in [6.45, 7) is -0.349. The molecule has 3 rings (SSSR count). The highest BCUT2D eigenvalue weighted by molar-refractivity contribution is 9.10. The average molecular weight is 388 g/mol. The number of aliphatic hydroxyl groups is 1. The Labute approximate surface area is 145 Å². The van der Waals surface area contributed by atoms with Gasteiger partial charge in [-0.2, -0.15) is 5.26 Å². The Balaban J connectivity index is 1.86. The maximum Gasteiger partial charge on any atom is 0.166 e. The van der Waals surface area contributed by atoms with E-state index in [-0.39, 0.29) is 29.5 Å². The fraction of sp³-hybridized carbons (Fsp3) is 0.0588. The first-order chi connectivity index (χ1) is 11.6. The van der Waals surface area contributed by atoms with Crippen LogP contribution in [-0.4, -0.2) is 21.7 Å².